The van der Waals surface area contributed by atoms with Crippen molar-refractivity contribution in [3.8, 4) is 11.4 Å². The van der Waals surface area contributed by atoms with Crippen LogP contribution in [0.2, 0.25) is 0 Å². The summed E-state index contributed by atoms with van der Waals surface area (Å²) in [4.78, 5) is 1.72. The molecule has 1 heterocycles. The molecule has 4 heteroatoms. The maximum Gasteiger partial charge on any atom is 0.123 e. The van der Waals surface area contributed by atoms with Crippen LogP contribution >= 0.6 is 0 Å². The van der Waals surface area contributed by atoms with Gasteiger partial charge in [-0.15, -0.1) is 10.2 Å². The number of phenols is 1. The van der Waals surface area contributed by atoms with Crippen LogP contribution in [0, 0.1) is 12.3 Å². The molecule has 1 atom stereocenters. The van der Waals surface area contributed by atoms with Crippen molar-refractivity contribution in [2.75, 3.05) is 0 Å². The maximum absolute atomic E-state index is 11.5. The van der Waals surface area contributed by atoms with Gasteiger partial charge in [0.2, 0.25) is 0 Å². The van der Waals surface area contributed by atoms with E-state index in [0.717, 1.165) is 45.4 Å². The zero-order valence-corrected chi connectivity index (χ0v) is 20.8. The number of para-hydroxylation sites is 1. The largest absolute Gasteiger partial charge is 0.507 e. The molecule has 0 bridgehead atoms. The molecular weight excluding hydrogens is 406 g/mol. The van der Waals surface area contributed by atoms with Gasteiger partial charge in [-0.1, -0.05) is 89.6 Å². The van der Waals surface area contributed by atoms with Crippen LogP contribution in [0.1, 0.15) is 76.1 Å². The quantitative estimate of drug-likeness (QED) is 0.353. The van der Waals surface area contributed by atoms with E-state index >= 15 is 0 Å². The molecule has 0 fully saturated rings. The summed E-state index contributed by atoms with van der Waals surface area (Å²) in [5, 5.41) is 20.9. The molecule has 4 nitrogen and oxygen atoms in total. The Morgan fingerprint density at radius 2 is 1.42 bits per heavy atom. The van der Waals surface area contributed by atoms with Crippen molar-refractivity contribution >= 4 is 11.0 Å². The zero-order chi connectivity index (χ0) is 24.0. The van der Waals surface area contributed by atoms with Crippen LogP contribution in [0.5, 0.6) is 5.75 Å². The number of hydrogen-bond acceptors (Lipinski definition) is 3. The van der Waals surface area contributed by atoms with Crippen molar-refractivity contribution in [1.29, 1.82) is 0 Å². The summed E-state index contributed by atoms with van der Waals surface area (Å²) in [7, 11) is 0. The summed E-state index contributed by atoms with van der Waals surface area (Å²) >= 11 is 0. The van der Waals surface area contributed by atoms with E-state index in [1.54, 1.807) is 4.80 Å². The molecule has 0 amide bonds. The molecule has 0 radical (unpaired) electrons. The predicted octanol–water partition coefficient (Wildman–Crippen LogP) is 7.30. The first-order valence-corrected chi connectivity index (χ1v) is 11.7. The van der Waals surface area contributed by atoms with Gasteiger partial charge < -0.3 is 5.11 Å². The van der Waals surface area contributed by atoms with Gasteiger partial charge in [0.1, 0.15) is 16.8 Å². The topological polar surface area (TPSA) is 50.9 Å². The van der Waals surface area contributed by atoms with E-state index in [1.807, 2.05) is 42.5 Å². The Morgan fingerprint density at radius 1 is 0.848 bits per heavy atom. The lowest BCUT2D eigenvalue weighted by Gasteiger charge is -2.34. The van der Waals surface area contributed by atoms with Crippen LogP contribution in [0.25, 0.3) is 16.7 Å². The number of benzene rings is 3. The number of aromatic nitrogens is 3. The fraction of sp³-hybridized carbons (Fsp3) is 0.379. The molecule has 1 N–H and O–H groups in total. The number of fused-ring (bicyclic) bond motifs is 1. The van der Waals surface area contributed by atoms with E-state index in [4.69, 9.17) is 10.2 Å². The molecule has 33 heavy (non-hydrogen) atoms. The van der Waals surface area contributed by atoms with E-state index in [-0.39, 0.29) is 16.7 Å². The first kappa shape index (κ1) is 23.0. The van der Waals surface area contributed by atoms with E-state index in [2.05, 4.69) is 66.7 Å². The molecule has 172 valence electrons. The molecule has 4 rings (SSSR count). The van der Waals surface area contributed by atoms with Crippen LogP contribution in [-0.4, -0.2) is 20.1 Å². The number of phenolic OH excluding ortho intramolecular Hbond substituents is 1. The van der Waals surface area contributed by atoms with Gasteiger partial charge in [0.05, 0.1) is 5.69 Å². The van der Waals surface area contributed by atoms with Crippen molar-refractivity contribution in [1.82, 2.24) is 15.0 Å². The molecule has 0 saturated carbocycles. The molecule has 3 aromatic carbocycles. The third-order valence-electron chi connectivity index (χ3n) is 6.36. The predicted molar refractivity (Wildman–Crippen MR) is 136 cm³/mol. The van der Waals surface area contributed by atoms with Crippen LogP contribution in [0.3, 0.4) is 0 Å². The Balaban J connectivity index is 1.81. The van der Waals surface area contributed by atoms with Gasteiger partial charge in [0, 0.05) is 17.0 Å². The van der Waals surface area contributed by atoms with E-state index in [9.17, 15) is 5.11 Å². The Labute approximate surface area is 197 Å². The summed E-state index contributed by atoms with van der Waals surface area (Å²) in [6.07, 6.45) is 0.977. The Bertz CT molecular complexity index is 1260. The average molecular weight is 442 g/mol. The van der Waals surface area contributed by atoms with Gasteiger partial charge >= 0.3 is 0 Å². The Kier molecular flexibility index (Phi) is 5.81. The maximum atomic E-state index is 11.5. The van der Waals surface area contributed by atoms with Gasteiger partial charge in [-0.3, -0.25) is 0 Å². The van der Waals surface area contributed by atoms with Crippen molar-refractivity contribution in [2.45, 2.75) is 66.2 Å². The van der Waals surface area contributed by atoms with E-state index in [1.165, 1.54) is 0 Å². The molecule has 4 aromatic rings. The molecule has 0 saturated heterocycles. The van der Waals surface area contributed by atoms with E-state index < -0.39 is 0 Å². The smallest absolute Gasteiger partial charge is 0.123 e. The Morgan fingerprint density at radius 3 is 2.03 bits per heavy atom. The van der Waals surface area contributed by atoms with Crippen LogP contribution in [0.4, 0.5) is 0 Å². The Hall–Kier alpha value is -3.14. The number of aryl methyl sites for hydroxylation is 1. The summed E-state index contributed by atoms with van der Waals surface area (Å²) < 4.78 is 0. The highest BCUT2D eigenvalue weighted by atomic mass is 16.3. The molecular formula is C29H35N3O. The minimum Gasteiger partial charge on any atom is -0.507 e. The lowest BCUT2D eigenvalue weighted by Crippen LogP contribution is -2.25. The summed E-state index contributed by atoms with van der Waals surface area (Å²) in [5.74, 6) is 0.370. The highest BCUT2D eigenvalue weighted by molar-refractivity contribution is 5.73. The highest BCUT2D eigenvalue weighted by Crippen LogP contribution is 2.44. The van der Waals surface area contributed by atoms with Gasteiger partial charge in [0.15, 0.2) is 0 Å². The fourth-order valence-corrected chi connectivity index (χ4v) is 5.24. The first-order valence-electron chi connectivity index (χ1n) is 11.7. The lowest BCUT2D eigenvalue weighted by atomic mass is 9.71. The van der Waals surface area contributed by atoms with Crippen molar-refractivity contribution < 1.29 is 5.11 Å². The van der Waals surface area contributed by atoms with E-state index in [0.29, 0.717) is 5.75 Å². The average Bonchev–Trinajstić information content (AvgIpc) is 3.17. The molecule has 0 spiro atoms. The fourth-order valence-electron chi connectivity index (χ4n) is 5.24. The molecule has 0 aliphatic carbocycles. The van der Waals surface area contributed by atoms with Crippen molar-refractivity contribution in [2.24, 2.45) is 5.41 Å². The normalized spacial score (nSPS) is 13.4. The molecule has 1 unspecified atom stereocenters. The second-order valence-corrected chi connectivity index (χ2v) is 11.1. The number of aromatic hydroxyl groups is 1. The summed E-state index contributed by atoms with van der Waals surface area (Å²) in [6.45, 7) is 15.5. The zero-order valence-electron chi connectivity index (χ0n) is 20.8. The first-order chi connectivity index (χ1) is 15.5. The second kappa shape index (κ2) is 8.33. The minimum absolute atomic E-state index is 0.0283. The van der Waals surface area contributed by atoms with Crippen LogP contribution in [-0.2, 0) is 5.41 Å². The van der Waals surface area contributed by atoms with Crippen LogP contribution in [0.15, 0.2) is 60.7 Å². The van der Waals surface area contributed by atoms with Gasteiger partial charge in [-0.2, -0.15) is 4.80 Å². The van der Waals surface area contributed by atoms with Gasteiger partial charge in [-0.25, -0.2) is 0 Å². The standard InChI is InChI=1S/C29H35N3O/c1-19-16-22(27(33)23(17-19)29(6,7)18-28(3,4)5)20(2)21-12-8-11-15-26(21)32-30-24-13-9-10-14-25(24)31-32/h8-17,20,33H,18H2,1-7H3. The summed E-state index contributed by atoms with van der Waals surface area (Å²) in [5.41, 5.74) is 6.86. The lowest BCUT2D eigenvalue weighted by molar-refractivity contribution is 0.278. The van der Waals surface area contributed by atoms with Crippen LogP contribution < -0.4 is 0 Å². The third kappa shape index (κ3) is 4.66. The number of nitrogens with zero attached hydrogens (tertiary/aromatic N) is 3. The molecule has 1 aromatic heterocycles. The highest BCUT2D eigenvalue weighted by Gasteiger charge is 2.31. The van der Waals surface area contributed by atoms with Crippen molar-refractivity contribution in [3.63, 3.8) is 0 Å². The molecule has 0 aliphatic rings. The number of hydrogen-bond donors (Lipinski definition) is 1. The number of rotatable bonds is 5. The van der Waals surface area contributed by atoms with Gasteiger partial charge in [0.25, 0.3) is 0 Å². The van der Waals surface area contributed by atoms with Gasteiger partial charge in [-0.05, 0) is 47.9 Å². The minimum atomic E-state index is -0.149. The third-order valence-corrected chi connectivity index (χ3v) is 6.36. The second-order valence-electron chi connectivity index (χ2n) is 11.1. The van der Waals surface area contributed by atoms with Crippen molar-refractivity contribution in [3.05, 3.63) is 82.9 Å². The molecule has 0 aliphatic heterocycles. The monoisotopic (exact) mass is 441 g/mol. The summed E-state index contributed by atoms with van der Waals surface area (Å²) in [6, 6.07) is 20.3. The SMILES string of the molecule is Cc1cc(C(C)c2ccccc2-n2nc3ccccc3n2)c(O)c(C(C)(C)CC(C)(C)C)c1.